The molecule has 2 rings (SSSR count). The van der Waals surface area contributed by atoms with Crippen molar-refractivity contribution in [1.29, 1.82) is 0 Å². The van der Waals surface area contributed by atoms with E-state index in [1.807, 2.05) is 18.2 Å². The maximum absolute atomic E-state index is 11.4. The monoisotopic (exact) mass is 210 g/mol. The summed E-state index contributed by atoms with van der Waals surface area (Å²) in [5, 5.41) is 0. The number of benzene rings is 1. The topological polar surface area (TPSA) is 46.3 Å². The maximum Gasteiger partial charge on any atom is 0.231 e. The van der Waals surface area contributed by atoms with Crippen LogP contribution in [-0.4, -0.2) is 13.0 Å². The molecular formula is C10H11ClN2O. The summed E-state index contributed by atoms with van der Waals surface area (Å²) in [7, 11) is 1.77. The van der Waals surface area contributed by atoms with Gasteiger partial charge in [0.1, 0.15) is 5.50 Å². The van der Waals surface area contributed by atoms with Gasteiger partial charge in [0, 0.05) is 12.7 Å². The van der Waals surface area contributed by atoms with Crippen molar-refractivity contribution in [1.82, 2.24) is 0 Å². The van der Waals surface area contributed by atoms with Crippen molar-refractivity contribution in [3.63, 3.8) is 0 Å². The van der Waals surface area contributed by atoms with Gasteiger partial charge >= 0.3 is 0 Å². The zero-order valence-electron chi connectivity index (χ0n) is 7.83. The molecule has 0 aromatic heterocycles. The van der Waals surface area contributed by atoms with Crippen molar-refractivity contribution in [3.05, 3.63) is 29.3 Å². The van der Waals surface area contributed by atoms with Gasteiger partial charge in [0.15, 0.2) is 0 Å². The minimum absolute atomic E-state index is 0.111. The largest absolute Gasteiger partial charge is 0.315 e. The molecule has 74 valence electrons. The molecule has 0 saturated carbocycles. The summed E-state index contributed by atoms with van der Waals surface area (Å²) in [6.45, 7) is 0. The number of likely N-dealkylation sites (N-methyl/N-ethyl adjacent to an activating group) is 1. The van der Waals surface area contributed by atoms with Gasteiger partial charge in [-0.3, -0.25) is 4.79 Å². The molecule has 3 nitrogen and oxygen atoms in total. The van der Waals surface area contributed by atoms with Gasteiger partial charge in [0.25, 0.3) is 0 Å². The predicted octanol–water partition coefficient (Wildman–Crippen LogP) is 1.40. The fourth-order valence-electron chi connectivity index (χ4n) is 1.66. The number of rotatable bonds is 1. The van der Waals surface area contributed by atoms with Gasteiger partial charge in [-0.2, -0.15) is 0 Å². The highest BCUT2D eigenvalue weighted by Crippen LogP contribution is 2.30. The lowest BCUT2D eigenvalue weighted by molar-refractivity contribution is -0.117. The quantitative estimate of drug-likeness (QED) is 0.563. The highest BCUT2D eigenvalue weighted by molar-refractivity contribution is 6.20. The van der Waals surface area contributed by atoms with Crippen LogP contribution in [0.2, 0.25) is 0 Å². The number of alkyl halides is 1. The molecule has 1 aliphatic rings. The van der Waals surface area contributed by atoms with E-state index in [4.69, 9.17) is 17.3 Å². The smallest absolute Gasteiger partial charge is 0.231 e. The number of carbonyl (C=O) groups is 1. The number of hydrogen-bond donors (Lipinski definition) is 1. The second kappa shape index (κ2) is 3.26. The Balaban J connectivity index is 2.44. The van der Waals surface area contributed by atoms with E-state index in [9.17, 15) is 4.79 Å². The average molecular weight is 211 g/mol. The van der Waals surface area contributed by atoms with Gasteiger partial charge in [0.05, 0.1) is 6.42 Å². The lowest BCUT2D eigenvalue weighted by atomic mass is 10.1. The molecular weight excluding hydrogens is 200 g/mol. The molecule has 1 unspecified atom stereocenters. The van der Waals surface area contributed by atoms with Crippen LogP contribution in [0, 0.1) is 0 Å². The standard InChI is InChI=1S/C10H11ClN2O/c1-13-8-3-2-6(10(11)12)4-7(8)5-9(13)14/h2-4,10H,5,12H2,1H3. The number of anilines is 1. The third-order valence-corrected chi connectivity index (χ3v) is 2.75. The van der Waals surface area contributed by atoms with Crippen LogP contribution in [0.1, 0.15) is 16.6 Å². The van der Waals surface area contributed by atoms with Gasteiger partial charge in [-0.05, 0) is 17.2 Å². The van der Waals surface area contributed by atoms with Crippen molar-refractivity contribution in [2.75, 3.05) is 11.9 Å². The summed E-state index contributed by atoms with van der Waals surface area (Å²) in [6.07, 6.45) is 0.448. The van der Waals surface area contributed by atoms with Crippen molar-refractivity contribution in [2.45, 2.75) is 11.9 Å². The van der Waals surface area contributed by atoms with Gasteiger partial charge in [-0.15, -0.1) is 11.6 Å². The number of hydrogen-bond acceptors (Lipinski definition) is 2. The van der Waals surface area contributed by atoms with E-state index in [0.29, 0.717) is 6.42 Å². The van der Waals surface area contributed by atoms with Crippen LogP contribution in [-0.2, 0) is 11.2 Å². The first-order valence-corrected chi connectivity index (χ1v) is 4.82. The normalized spacial score (nSPS) is 17.1. The SMILES string of the molecule is CN1C(=O)Cc2cc(C(N)Cl)ccc21. The lowest BCUT2D eigenvalue weighted by Crippen LogP contribution is -2.20. The summed E-state index contributed by atoms with van der Waals surface area (Å²) in [5.41, 5.74) is 7.86. The molecule has 1 atom stereocenters. The molecule has 2 N–H and O–H groups in total. The first-order valence-electron chi connectivity index (χ1n) is 4.38. The summed E-state index contributed by atoms with van der Waals surface area (Å²) in [4.78, 5) is 13.0. The Labute approximate surface area is 87.4 Å². The molecule has 0 radical (unpaired) electrons. The van der Waals surface area contributed by atoms with Crippen molar-refractivity contribution >= 4 is 23.2 Å². The first-order chi connectivity index (χ1) is 6.59. The van der Waals surface area contributed by atoms with Crippen molar-refractivity contribution < 1.29 is 4.79 Å². The number of halogens is 1. The van der Waals surface area contributed by atoms with Crippen LogP contribution in [0.3, 0.4) is 0 Å². The van der Waals surface area contributed by atoms with E-state index in [0.717, 1.165) is 16.8 Å². The third-order valence-electron chi connectivity index (χ3n) is 2.50. The minimum Gasteiger partial charge on any atom is -0.315 e. The second-order valence-corrected chi connectivity index (χ2v) is 3.89. The molecule has 0 fully saturated rings. The van der Waals surface area contributed by atoms with E-state index >= 15 is 0 Å². The average Bonchev–Trinajstić information content (AvgIpc) is 2.42. The van der Waals surface area contributed by atoms with Crippen LogP contribution in [0.15, 0.2) is 18.2 Å². The Bertz CT molecular complexity index is 390. The second-order valence-electron chi connectivity index (χ2n) is 3.42. The summed E-state index contributed by atoms with van der Waals surface area (Å²) >= 11 is 5.76. The summed E-state index contributed by atoms with van der Waals surface area (Å²) < 4.78 is 0. The number of nitrogens with zero attached hydrogens (tertiary/aromatic N) is 1. The molecule has 1 aliphatic heterocycles. The number of amides is 1. The lowest BCUT2D eigenvalue weighted by Gasteiger charge is -2.11. The molecule has 1 heterocycles. The highest BCUT2D eigenvalue weighted by Gasteiger charge is 2.24. The van der Waals surface area contributed by atoms with Gasteiger partial charge in [0.2, 0.25) is 5.91 Å². The molecule has 0 saturated heterocycles. The molecule has 0 aliphatic carbocycles. The first kappa shape index (κ1) is 9.49. The highest BCUT2D eigenvalue weighted by atomic mass is 35.5. The van der Waals surface area contributed by atoms with Gasteiger partial charge in [-0.1, -0.05) is 12.1 Å². The molecule has 1 amide bonds. The molecule has 0 spiro atoms. The zero-order valence-corrected chi connectivity index (χ0v) is 8.58. The zero-order chi connectivity index (χ0) is 10.3. The Morgan fingerprint density at radius 1 is 1.57 bits per heavy atom. The Morgan fingerprint density at radius 3 is 2.93 bits per heavy atom. The molecule has 4 heteroatoms. The Morgan fingerprint density at radius 2 is 2.29 bits per heavy atom. The van der Waals surface area contributed by atoms with E-state index < -0.39 is 5.50 Å². The van der Waals surface area contributed by atoms with E-state index in [1.54, 1.807) is 11.9 Å². The van der Waals surface area contributed by atoms with E-state index in [2.05, 4.69) is 0 Å². The predicted molar refractivity (Wildman–Crippen MR) is 56.3 cm³/mol. The summed E-state index contributed by atoms with van der Waals surface area (Å²) in [6, 6.07) is 5.64. The number of carbonyl (C=O) groups excluding carboxylic acids is 1. The van der Waals surface area contributed by atoms with Crippen LogP contribution >= 0.6 is 11.6 Å². The molecule has 1 aromatic rings. The summed E-state index contributed by atoms with van der Waals surface area (Å²) in [5.74, 6) is 0.111. The number of nitrogens with two attached hydrogens (primary N) is 1. The van der Waals surface area contributed by atoms with Gasteiger partial charge < -0.3 is 10.6 Å². The van der Waals surface area contributed by atoms with E-state index in [1.165, 1.54) is 0 Å². The maximum atomic E-state index is 11.4. The van der Waals surface area contributed by atoms with E-state index in [-0.39, 0.29) is 5.91 Å². The molecule has 0 bridgehead atoms. The Kier molecular flexibility index (Phi) is 2.21. The van der Waals surface area contributed by atoms with Crippen LogP contribution < -0.4 is 10.6 Å². The van der Waals surface area contributed by atoms with Crippen molar-refractivity contribution in [2.24, 2.45) is 5.73 Å². The minimum atomic E-state index is -0.499. The van der Waals surface area contributed by atoms with Crippen LogP contribution in [0.4, 0.5) is 5.69 Å². The third kappa shape index (κ3) is 1.38. The Hall–Kier alpha value is -1.06. The van der Waals surface area contributed by atoms with Crippen molar-refractivity contribution in [3.8, 4) is 0 Å². The fraction of sp³-hybridized carbons (Fsp3) is 0.300. The van der Waals surface area contributed by atoms with Gasteiger partial charge in [-0.25, -0.2) is 0 Å². The van der Waals surface area contributed by atoms with Crippen LogP contribution in [0.25, 0.3) is 0 Å². The number of fused-ring (bicyclic) bond motifs is 1. The molecule has 14 heavy (non-hydrogen) atoms. The fourth-order valence-corrected chi connectivity index (χ4v) is 1.80. The molecule has 1 aromatic carbocycles. The van der Waals surface area contributed by atoms with Crippen LogP contribution in [0.5, 0.6) is 0 Å².